The molecule has 0 spiro atoms. The minimum Gasteiger partial charge on any atom is -0.462 e. The lowest BCUT2D eigenvalue weighted by Gasteiger charge is -2.18. The number of unbranched alkanes of at least 4 members (excludes halogenated alkanes) is 41. The molecule has 0 aromatic rings. The van der Waals surface area contributed by atoms with Gasteiger partial charge in [-0.25, -0.2) is 0 Å². The molecule has 0 amide bonds. The van der Waals surface area contributed by atoms with Crippen molar-refractivity contribution >= 4 is 17.9 Å². The Bertz CT molecular complexity index is 1060. The second-order valence-corrected chi connectivity index (χ2v) is 22.4. The van der Waals surface area contributed by atoms with Crippen LogP contribution in [-0.2, 0) is 28.6 Å². The maximum atomic E-state index is 12.9. The molecule has 0 N–H and O–H groups in total. The minimum absolute atomic E-state index is 0.0621. The van der Waals surface area contributed by atoms with E-state index in [0.29, 0.717) is 19.3 Å². The maximum Gasteiger partial charge on any atom is 0.306 e. The summed E-state index contributed by atoms with van der Waals surface area (Å²) in [6, 6.07) is 0. The van der Waals surface area contributed by atoms with E-state index in [2.05, 4.69) is 34.6 Å². The van der Waals surface area contributed by atoms with Gasteiger partial charge in [-0.3, -0.25) is 14.4 Å². The lowest BCUT2D eigenvalue weighted by molar-refractivity contribution is -0.167. The Balaban J connectivity index is 4.29. The van der Waals surface area contributed by atoms with Crippen molar-refractivity contribution in [3.05, 3.63) is 0 Å². The third-order valence-corrected chi connectivity index (χ3v) is 14.8. The van der Waals surface area contributed by atoms with Crippen molar-refractivity contribution in [2.45, 2.75) is 362 Å². The van der Waals surface area contributed by atoms with E-state index in [0.717, 1.165) is 69.6 Å². The van der Waals surface area contributed by atoms with Crippen LogP contribution in [0.5, 0.6) is 0 Å². The fraction of sp³-hybridized carbons (Fsp3) is 0.952. The fourth-order valence-electron chi connectivity index (χ4n) is 9.73. The Morgan fingerprint density at radius 1 is 0.304 bits per heavy atom. The average molecular weight is 976 g/mol. The molecule has 0 bridgehead atoms. The van der Waals surface area contributed by atoms with Gasteiger partial charge in [0, 0.05) is 19.3 Å². The molecule has 0 aromatic heterocycles. The van der Waals surface area contributed by atoms with Crippen molar-refractivity contribution in [3.63, 3.8) is 0 Å². The van der Waals surface area contributed by atoms with Gasteiger partial charge in [-0.05, 0) is 31.1 Å². The maximum absolute atomic E-state index is 12.9. The zero-order valence-corrected chi connectivity index (χ0v) is 47.5. The molecule has 6 heteroatoms. The van der Waals surface area contributed by atoms with E-state index in [1.54, 1.807) is 0 Å². The Morgan fingerprint density at radius 2 is 0.551 bits per heavy atom. The zero-order valence-electron chi connectivity index (χ0n) is 47.5. The van der Waals surface area contributed by atoms with Gasteiger partial charge < -0.3 is 14.2 Å². The Hall–Kier alpha value is -1.59. The van der Waals surface area contributed by atoms with Crippen LogP contribution in [-0.4, -0.2) is 37.2 Å². The van der Waals surface area contributed by atoms with Crippen molar-refractivity contribution < 1.29 is 28.6 Å². The molecule has 0 saturated heterocycles. The Labute approximate surface area is 431 Å². The van der Waals surface area contributed by atoms with Crippen LogP contribution in [0.3, 0.4) is 0 Å². The summed E-state index contributed by atoms with van der Waals surface area (Å²) in [5.41, 5.74) is 0. The van der Waals surface area contributed by atoms with Gasteiger partial charge in [-0.15, -0.1) is 0 Å². The molecule has 0 radical (unpaired) electrons. The van der Waals surface area contributed by atoms with Crippen LogP contribution in [0.2, 0.25) is 0 Å². The van der Waals surface area contributed by atoms with E-state index >= 15 is 0 Å². The quantitative estimate of drug-likeness (QED) is 0.0343. The lowest BCUT2D eigenvalue weighted by Crippen LogP contribution is -2.30. The van der Waals surface area contributed by atoms with Crippen LogP contribution >= 0.6 is 0 Å². The molecular formula is C63H122O6. The van der Waals surface area contributed by atoms with Crippen molar-refractivity contribution in [2.75, 3.05) is 13.2 Å². The van der Waals surface area contributed by atoms with Gasteiger partial charge in [-0.2, -0.15) is 0 Å². The molecule has 0 aromatic carbocycles. The van der Waals surface area contributed by atoms with Crippen molar-refractivity contribution in [2.24, 2.45) is 11.8 Å². The molecular weight excluding hydrogens is 853 g/mol. The summed E-state index contributed by atoms with van der Waals surface area (Å²) in [5.74, 6) is 0.894. The second kappa shape index (κ2) is 55.7. The van der Waals surface area contributed by atoms with E-state index in [1.165, 1.54) is 244 Å². The van der Waals surface area contributed by atoms with Gasteiger partial charge in [0.2, 0.25) is 0 Å². The highest BCUT2D eigenvalue weighted by Crippen LogP contribution is 2.19. The Kier molecular flexibility index (Phi) is 54.4. The number of hydrogen-bond acceptors (Lipinski definition) is 6. The largest absolute Gasteiger partial charge is 0.462 e. The first-order valence-electron chi connectivity index (χ1n) is 31.3. The van der Waals surface area contributed by atoms with E-state index < -0.39 is 6.10 Å². The number of rotatable bonds is 57. The summed E-state index contributed by atoms with van der Waals surface area (Å²) in [6.45, 7) is 11.5. The van der Waals surface area contributed by atoms with Crippen LogP contribution in [0.1, 0.15) is 356 Å². The van der Waals surface area contributed by atoms with Crippen LogP contribution in [0, 0.1) is 11.8 Å². The van der Waals surface area contributed by atoms with Gasteiger partial charge in [0.1, 0.15) is 13.2 Å². The molecule has 0 rings (SSSR count). The van der Waals surface area contributed by atoms with Crippen LogP contribution in [0.4, 0.5) is 0 Å². The monoisotopic (exact) mass is 975 g/mol. The summed E-state index contributed by atoms with van der Waals surface area (Å²) >= 11 is 0. The molecule has 410 valence electrons. The molecule has 69 heavy (non-hydrogen) atoms. The fourth-order valence-corrected chi connectivity index (χ4v) is 9.73. The summed E-state index contributed by atoms with van der Waals surface area (Å²) < 4.78 is 16.9. The number of ether oxygens (including phenoxy) is 3. The SMILES string of the molecule is CCCCCCCCCCCCCCCCCCCCC(=O)OC[C@@H](COC(=O)CCCCCCCCCCCCCCCCC(C)CC)OC(=O)CCCCCCCCCCCCCCC(C)C. The molecule has 0 heterocycles. The van der Waals surface area contributed by atoms with Gasteiger partial charge in [-0.1, -0.05) is 317 Å². The molecule has 0 aliphatic rings. The molecule has 0 aliphatic heterocycles. The minimum atomic E-state index is -0.764. The zero-order chi connectivity index (χ0) is 50.4. The van der Waals surface area contributed by atoms with Gasteiger partial charge in [0.15, 0.2) is 6.10 Å². The summed E-state index contributed by atoms with van der Waals surface area (Å²) in [7, 11) is 0. The number of esters is 3. The normalized spacial score (nSPS) is 12.4. The third-order valence-electron chi connectivity index (χ3n) is 14.8. The molecule has 1 unspecified atom stereocenters. The number of carbonyl (C=O) groups is 3. The van der Waals surface area contributed by atoms with E-state index in [4.69, 9.17) is 14.2 Å². The average Bonchev–Trinajstić information content (AvgIpc) is 3.34. The van der Waals surface area contributed by atoms with Gasteiger partial charge >= 0.3 is 17.9 Å². The second-order valence-electron chi connectivity index (χ2n) is 22.4. The van der Waals surface area contributed by atoms with Crippen molar-refractivity contribution in [1.82, 2.24) is 0 Å². The lowest BCUT2D eigenvalue weighted by atomic mass is 9.99. The van der Waals surface area contributed by atoms with E-state index in [-0.39, 0.29) is 31.1 Å². The highest BCUT2D eigenvalue weighted by atomic mass is 16.6. The van der Waals surface area contributed by atoms with Crippen molar-refractivity contribution in [3.8, 4) is 0 Å². The van der Waals surface area contributed by atoms with Crippen LogP contribution in [0.25, 0.3) is 0 Å². The topological polar surface area (TPSA) is 78.9 Å². The molecule has 6 nitrogen and oxygen atoms in total. The molecule has 0 fully saturated rings. The first-order valence-corrected chi connectivity index (χ1v) is 31.3. The van der Waals surface area contributed by atoms with E-state index in [1.807, 2.05) is 0 Å². The first kappa shape index (κ1) is 67.4. The summed E-state index contributed by atoms with van der Waals surface area (Å²) in [4.78, 5) is 38.3. The molecule has 0 aliphatic carbocycles. The first-order chi connectivity index (χ1) is 33.8. The van der Waals surface area contributed by atoms with Gasteiger partial charge in [0.25, 0.3) is 0 Å². The number of carbonyl (C=O) groups excluding carboxylic acids is 3. The summed E-state index contributed by atoms with van der Waals surface area (Å²) in [5, 5.41) is 0. The standard InChI is InChI=1S/C63H122O6/c1-6-8-9-10-11-12-13-14-15-16-17-18-22-28-33-38-43-48-53-61(64)67-56-60(69-63(66)55-50-45-40-35-30-25-24-26-31-36-41-46-51-58(3)4)57-68-62(65)54-49-44-39-34-29-23-20-19-21-27-32-37-42-47-52-59(5)7-2/h58-60H,6-57H2,1-5H3/t59?,60-/m0/s1. The predicted molar refractivity (Wildman–Crippen MR) is 298 cm³/mol. The third kappa shape index (κ3) is 55.6. The summed E-state index contributed by atoms with van der Waals surface area (Å²) in [6.07, 6.45) is 60.9. The molecule has 0 saturated carbocycles. The van der Waals surface area contributed by atoms with E-state index in [9.17, 15) is 14.4 Å². The molecule has 2 atom stereocenters. The van der Waals surface area contributed by atoms with Crippen LogP contribution < -0.4 is 0 Å². The highest BCUT2D eigenvalue weighted by Gasteiger charge is 2.19. The predicted octanol–water partition coefficient (Wildman–Crippen LogP) is 20.8. The Morgan fingerprint density at radius 3 is 0.826 bits per heavy atom. The highest BCUT2D eigenvalue weighted by molar-refractivity contribution is 5.71. The van der Waals surface area contributed by atoms with Crippen LogP contribution in [0.15, 0.2) is 0 Å². The van der Waals surface area contributed by atoms with Crippen molar-refractivity contribution in [1.29, 1.82) is 0 Å². The number of hydrogen-bond donors (Lipinski definition) is 0. The smallest absolute Gasteiger partial charge is 0.306 e. The van der Waals surface area contributed by atoms with Gasteiger partial charge in [0.05, 0.1) is 0 Å².